The second-order valence-corrected chi connectivity index (χ2v) is 4.61. The van der Waals surface area contributed by atoms with E-state index in [4.69, 9.17) is 9.52 Å². The van der Waals surface area contributed by atoms with Gasteiger partial charge >= 0.3 is 5.97 Å². The van der Waals surface area contributed by atoms with Crippen LogP contribution in [0.2, 0.25) is 0 Å². The van der Waals surface area contributed by atoms with Gasteiger partial charge in [-0.05, 0) is 30.7 Å². The van der Waals surface area contributed by atoms with Crippen LogP contribution in [0.15, 0.2) is 41.0 Å². The molecule has 110 valence electrons. The molecule has 0 aliphatic rings. The van der Waals surface area contributed by atoms with Crippen molar-refractivity contribution in [3.05, 3.63) is 59.3 Å². The van der Waals surface area contributed by atoms with Crippen molar-refractivity contribution in [2.45, 2.75) is 19.4 Å². The van der Waals surface area contributed by atoms with E-state index in [0.29, 0.717) is 11.1 Å². The highest BCUT2D eigenvalue weighted by Gasteiger charge is 2.21. The Morgan fingerprint density at radius 3 is 2.48 bits per heavy atom. The number of amides is 1. The summed E-state index contributed by atoms with van der Waals surface area (Å²) < 4.78 is 18.0. The van der Waals surface area contributed by atoms with Crippen LogP contribution in [-0.2, 0) is 4.79 Å². The fourth-order valence-corrected chi connectivity index (χ4v) is 1.95. The number of carboxylic acids is 1. The molecule has 2 aromatic rings. The maximum atomic E-state index is 12.9. The van der Waals surface area contributed by atoms with Gasteiger partial charge in [0.2, 0.25) is 0 Å². The summed E-state index contributed by atoms with van der Waals surface area (Å²) in [5.74, 6) is -1.87. The van der Waals surface area contributed by atoms with Crippen LogP contribution in [0.4, 0.5) is 4.39 Å². The lowest BCUT2D eigenvalue weighted by Gasteiger charge is -2.17. The molecule has 2 rings (SSSR count). The van der Waals surface area contributed by atoms with Crippen molar-refractivity contribution >= 4 is 11.9 Å². The van der Waals surface area contributed by atoms with Gasteiger partial charge in [-0.15, -0.1) is 0 Å². The Hall–Kier alpha value is -2.63. The predicted octanol–water partition coefficient (Wildman–Crippen LogP) is 2.67. The van der Waals surface area contributed by atoms with E-state index in [9.17, 15) is 14.0 Å². The Labute approximate surface area is 120 Å². The quantitative estimate of drug-likeness (QED) is 0.887. The number of aliphatic carboxylic acids is 1. The van der Waals surface area contributed by atoms with Crippen molar-refractivity contribution in [2.75, 3.05) is 0 Å². The zero-order valence-corrected chi connectivity index (χ0v) is 11.3. The molecule has 0 spiro atoms. The number of carbonyl (C=O) groups is 2. The first kappa shape index (κ1) is 14.8. The van der Waals surface area contributed by atoms with Crippen LogP contribution in [0.1, 0.15) is 34.1 Å². The minimum atomic E-state index is -1.07. The second kappa shape index (κ2) is 6.21. The third-order valence-corrected chi connectivity index (χ3v) is 3.02. The molecule has 21 heavy (non-hydrogen) atoms. The highest BCUT2D eigenvalue weighted by Crippen LogP contribution is 2.19. The van der Waals surface area contributed by atoms with Gasteiger partial charge in [-0.3, -0.25) is 9.59 Å². The van der Waals surface area contributed by atoms with Crippen molar-refractivity contribution in [2.24, 2.45) is 0 Å². The van der Waals surface area contributed by atoms with Gasteiger partial charge in [0.25, 0.3) is 5.91 Å². The third kappa shape index (κ3) is 3.68. The molecule has 1 aromatic carbocycles. The minimum absolute atomic E-state index is 0.132. The number of benzene rings is 1. The Morgan fingerprint density at radius 2 is 1.95 bits per heavy atom. The molecule has 5 nitrogen and oxygen atoms in total. The van der Waals surface area contributed by atoms with Gasteiger partial charge in [0.05, 0.1) is 18.7 Å². The molecule has 1 aromatic heterocycles. The van der Waals surface area contributed by atoms with E-state index in [0.717, 1.165) is 0 Å². The number of hydrogen-bond acceptors (Lipinski definition) is 3. The summed E-state index contributed by atoms with van der Waals surface area (Å²) in [6.45, 7) is 1.71. The van der Waals surface area contributed by atoms with E-state index in [-0.39, 0.29) is 12.2 Å². The zero-order chi connectivity index (χ0) is 15.4. The van der Waals surface area contributed by atoms with Crippen LogP contribution in [0.3, 0.4) is 0 Å². The normalized spacial score (nSPS) is 11.9. The number of aryl methyl sites for hydroxylation is 1. The molecule has 0 radical (unpaired) electrons. The van der Waals surface area contributed by atoms with Gasteiger partial charge in [-0.25, -0.2) is 4.39 Å². The Kier molecular flexibility index (Phi) is 4.37. The molecule has 0 aliphatic carbocycles. The van der Waals surface area contributed by atoms with Crippen molar-refractivity contribution in [3.63, 3.8) is 0 Å². The van der Waals surface area contributed by atoms with Crippen LogP contribution >= 0.6 is 0 Å². The van der Waals surface area contributed by atoms with E-state index in [2.05, 4.69) is 5.32 Å². The Bertz CT molecular complexity index is 648. The summed E-state index contributed by atoms with van der Waals surface area (Å²) in [6, 6.07) is 6.19. The fourth-order valence-electron chi connectivity index (χ4n) is 1.95. The lowest BCUT2D eigenvalue weighted by molar-refractivity contribution is -0.137. The summed E-state index contributed by atoms with van der Waals surface area (Å²) in [5, 5.41) is 11.5. The monoisotopic (exact) mass is 291 g/mol. The largest absolute Gasteiger partial charge is 0.481 e. The standard InChI is InChI=1S/C15H14FNO4/c1-9-6-7-21-14(9)15(20)17-12(8-13(18)19)10-2-4-11(16)5-3-10/h2-7,12H,8H2,1H3,(H,17,20)(H,18,19)/t12-/m1/s1. The summed E-state index contributed by atoms with van der Waals surface area (Å²) in [7, 11) is 0. The molecule has 0 unspecified atom stereocenters. The van der Waals surface area contributed by atoms with Crippen LogP contribution in [0, 0.1) is 12.7 Å². The molecular weight excluding hydrogens is 277 g/mol. The van der Waals surface area contributed by atoms with Crippen molar-refractivity contribution < 1.29 is 23.5 Å². The summed E-state index contributed by atoms with van der Waals surface area (Å²) in [5.41, 5.74) is 1.16. The van der Waals surface area contributed by atoms with Gasteiger partial charge in [-0.2, -0.15) is 0 Å². The zero-order valence-electron chi connectivity index (χ0n) is 11.3. The number of furan rings is 1. The first-order valence-electron chi connectivity index (χ1n) is 6.29. The van der Waals surface area contributed by atoms with Gasteiger partial charge in [0.1, 0.15) is 5.82 Å². The Balaban J connectivity index is 2.20. The first-order valence-corrected chi connectivity index (χ1v) is 6.29. The SMILES string of the molecule is Cc1ccoc1C(=O)N[C@H](CC(=O)O)c1ccc(F)cc1. The fraction of sp³-hybridized carbons (Fsp3) is 0.200. The van der Waals surface area contributed by atoms with Gasteiger partial charge < -0.3 is 14.8 Å². The average Bonchev–Trinajstić information content (AvgIpc) is 2.84. The summed E-state index contributed by atoms with van der Waals surface area (Å²) in [6.07, 6.45) is 1.07. The molecule has 1 heterocycles. The van der Waals surface area contributed by atoms with Crippen LogP contribution < -0.4 is 5.32 Å². The lowest BCUT2D eigenvalue weighted by Crippen LogP contribution is -2.30. The van der Waals surface area contributed by atoms with E-state index in [1.807, 2.05) is 0 Å². The average molecular weight is 291 g/mol. The maximum absolute atomic E-state index is 12.9. The molecule has 0 fully saturated rings. The van der Waals surface area contributed by atoms with Crippen molar-refractivity contribution in [3.8, 4) is 0 Å². The number of hydrogen-bond donors (Lipinski definition) is 2. The summed E-state index contributed by atoms with van der Waals surface area (Å²) >= 11 is 0. The molecule has 1 atom stereocenters. The smallest absolute Gasteiger partial charge is 0.305 e. The van der Waals surface area contributed by atoms with Gasteiger partial charge in [-0.1, -0.05) is 12.1 Å². The first-order chi connectivity index (χ1) is 9.97. The van der Waals surface area contributed by atoms with Crippen LogP contribution in [0.25, 0.3) is 0 Å². The molecular formula is C15H14FNO4. The van der Waals surface area contributed by atoms with E-state index in [1.54, 1.807) is 13.0 Å². The van der Waals surface area contributed by atoms with Crippen LogP contribution in [-0.4, -0.2) is 17.0 Å². The maximum Gasteiger partial charge on any atom is 0.305 e. The number of rotatable bonds is 5. The highest BCUT2D eigenvalue weighted by atomic mass is 19.1. The molecule has 0 bridgehead atoms. The number of carboxylic acid groups (broad SMARTS) is 1. The molecule has 0 aliphatic heterocycles. The molecule has 2 N–H and O–H groups in total. The van der Waals surface area contributed by atoms with Gasteiger partial charge in [0, 0.05) is 5.56 Å². The minimum Gasteiger partial charge on any atom is -0.481 e. The molecule has 1 amide bonds. The third-order valence-electron chi connectivity index (χ3n) is 3.02. The van der Waals surface area contributed by atoms with E-state index < -0.39 is 23.7 Å². The number of halogens is 1. The Morgan fingerprint density at radius 1 is 1.29 bits per heavy atom. The predicted molar refractivity (Wildman–Crippen MR) is 72.3 cm³/mol. The topological polar surface area (TPSA) is 79.5 Å². The molecule has 0 saturated carbocycles. The van der Waals surface area contributed by atoms with E-state index in [1.165, 1.54) is 30.5 Å². The van der Waals surface area contributed by atoms with Crippen LogP contribution in [0.5, 0.6) is 0 Å². The number of nitrogens with one attached hydrogen (secondary N) is 1. The second-order valence-electron chi connectivity index (χ2n) is 4.61. The number of carbonyl (C=O) groups excluding carboxylic acids is 1. The highest BCUT2D eigenvalue weighted by molar-refractivity contribution is 5.93. The van der Waals surface area contributed by atoms with Crippen molar-refractivity contribution in [1.29, 1.82) is 0 Å². The molecule has 6 heteroatoms. The van der Waals surface area contributed by atoms with Crippen molar-refractivity contribution in [1.82, 2.24) is 5.32 Å². The van der Waals surface area contributed by atoms with E-state index >= 15 is 0 Å². The lowest BCUT2D eigenvalue weighted by atomic mass is 10.0. The van der Waals surface area contributed by atoms with Gasteiger partial charge in [0.15, 0.2) is 5.76 Å². The summed E-state index contributed by atoms with van der Waals surface area (Å²) in [4.78, 5) is 23.0. The molecule has 0 saturated heterocycles.